The molecule has 0 saturated carbocycles. The van der Waals surface area contributed by atoms with Crippen LogP contribution in [0.3, 0.4) is 0 Å². The third-order valence-electron chi connectivity index (χ3n) is 2.65. The number of carbonyl (C=O) groups is 1. The Balaban J connectivity index is 2.67. The van der Waals surface area contributed by atoms with Crippen LogP contribution in [0.2, 0.25) is 0 Å². The SMILES string of the molecule is CCN(CC(=O)NC(C)C)c1ccc(CO)cc1. The number of carbonyl (C=O) groups excluding carboxylic acids is 1. The van der Waals surface area contributed by atoms with Crippen molar-refractivity contribution in [2.24, 2.45) is 0 Å². The van der Waals surface area contributed by atoms with Gasteiger partial charge in [-0.3, -0.25) is 4.79 Å². The average Bonchev–Trinajstić information content (AvgIpc) is 2.35. The summed E-state index contributed by atoms with van der Waals surface area (Å²) < 4.78 is 0. The van der Waals surface area contributed by atoms with Gasteiger partial charge in [0.05, 0.1) is 13.2 Å². The lowest BCUT2D eigenvalue weighted by molar-refractivity contribution is -0.120. The smallest absolute Gasteiger partial charge is 0.239 e. The second-order valence-corrected chi connectivity index (χ2v) is 4.56. The van der Waals surface area contributed by atoms with E-state index in [4.69, 9.17) is 5.11 Å². The number of nitrogens with one attached hydrogen (secondary N) is 1. The lowest BCUT2D eigenvalue weighted by atomic mass is 10.2. The number of nitrogens with zero attached hydrogens (tertiary/aromatic N) is 1. The van der Waals surface area contributed by atoms with Gasteiger partial charge in [-0.15, -0.1) is 0 Å². The van der Waals surface area contributed by atoms with Crippen molar-refractivity contribution < 1.29 is 9.90 Å². The summed E-state index contributed by atoms with van der Waals surface area (Å²) in [5.41, 5.74) is 1.87. The number of hydrogen-bond acceptors (Lipinski definition) is 3. The lowest BCUT2D eigenvalue weighted by Gasteiger charge is -2.23. The number of benzene rings is 1. The maximum atomic E-state index is 11.7. The van der Waals surface area contributed by atoms with Gasteiger partial charge < -0.3 is 15.3 Å². The van der Waals surface area contributed by atoms with Crippen molar-refractivity contribution in [1.29, 1.82) is 0 Å². The summed E-state index contributed by atoms with van der Waals surface area (Å²) >= 11 is 0. The predicted octanol–water partition coefficient (Wildman–Crippen LogP) is 1.53. The van der Waals surface area contributed by atoms with E-state index in [9.17, 15) is 4.79 Å². The molecule has 0 saturated heterocycles. The normalized spacial score (nSPS) is 10.5. The molecule has 4 nitrogen and oxygen atoms in total. The van der Waals surface area contributed by atoms with Crippen LogP contribution in [0, 0.1) is 0 Å². The molecule has 1 amide bonds. The van der Waals surface area contributed by atoms with Crippen molar-refractivity contribution in [2.45, 2.75) is 33.4 Å². The molecule has 4 heteroatoms. The Hall–Kier alpha value is -1.55. The van der Waals surface area contributed by atoms with Gasteiger partial charge in [0.15, 0.2) is 0 Å². The Labute approximate surface area is 109 Å². The van der Waals surface area contributed by atoms with Crippen LogP contribution in [0.4, 0.5) is 5.69 Å². The number of likely N-dealkylation sites (N-methyl/N-ethyl adjacent to an activating group) is 1. The summed E-state index contributed by atoms with van der Waals surface area (Å²) in [6.07, 6.45) is 0. The maximum absolute atomic E-state index is 11.7. The van der Waals surface area contributed by atoms with Gasteiger partial charge in [-0.2, -0.15) is 0 Å². The third-order valence-corrected chi connectivity index (χ3v) is 2.65. The van der Waals surface area contributed by atoms with Crippen molar-refractivity contribution in [3.63, 3.8) is 0 Å². The molecule has 100 valence electrons. The van der Waals surface area contributed by atoms with Crippen LogP contribution in [-0.2, 0) is 11.4 Å². The van der Waals surface area contributed by atoms with Crippen molar-refractivity contribution in [1.82, 2.24) is 5.32 Å². The van der Waals surface area contributed by atoms with Gasteiger partial charge in [0.25, 0.3) is 0 Å². The molecule has 0 fully saturated rings. The molecule has 18 heavy (non-hydrogen) atoms. The standard InChI is InChI=1S/C14H22N2O2/c1-4-16(9-14(18)15-11(2)3)13-7-5-12(10-17)6-8-13/h5-8,11,17H,4,9-10H2,1-3H3,(H,15,18). The Bertz CT molecular complexity index is 374. The van der Waals surface area contributed by atoms with E-state index >= 15 is 0 Å². The second kappa shape index (κ2) is 7.01. The van der Waals surface area contributed by atoms with Gasteiger partial charge >= 0.3 is 0 Å². The number of aliphatic hydroxyl groups excluding tert-OH is 1. The topological polar surface area (TPSA) is 52.6 Å². The van der Waals surface area contributed by atoms with E-state index in [2.05, 4.69) is 5.32 Å². The first-order valence-electron chi connectivity index (χ1n) is 6.31. The fraction of sp³-hybridized carbons (Fsp3) is 0.500. The molecule has 0 atom stereocenters. The molecule has 1 aromatic rings. The van der Waals surface area contributed by atoms with E-state index in [1.54, 1.807) is 0 Å². The van der Waals surface area contributed by atoms with Crippen molar-refractivity contribution in [3.8, 4) is 0 Å². The van der Waals surface area contributed by atoms with E-state index in [1.807, 2.05) is 49.9 Å². The summed E-state index contributed by atoms with van der Waals surface area (Å²) in [5.74, 6) is 0.0260. The van der Waals surface area contributed by atoms with Gasteiger partial charge in [-0.1, -0.05) is 12.1 Å². The van der Waals surface area contributed by atoms with E-state index < -0.39 is 0 Å². The summed E-state index contributed by atoms with van der Waals surface area (Å²) in [6.45, 7) is 7.08. The van der Waals surface area contributed by atoms with Crippen molar-refractivity contribution in [3.05, 3.63) is 29.8 Å². The van der Waals surface area contributed by atoms with Crippen LogP contribution >= 0.6 is 0 Å². The van der Waals surface area contributed by atoms with Crippen LogP contribution in [0.1, 0.15) is 26.3 Å². The molecule has 1 rings (SSSR count). The fourth-order valence-corrected chi connectivity index (χ4v) is 1.74. The van der Waals surface area contributed by atoms with E-state index in [0.29, 0.717) is 6.54 Å². The zero-order valence-corrected chi connectivity index (χ0v) is 11.3. The van der Waals surface area contributed by atoms with Gasteiger partial charge in [-0.05, 0) is 38.5 Å². The average molecular weight is 250 g/mol. The molecule has 0 unspecified atom stereocenters. The predicted molar refractivity (Wildman–Crippen MR) is 73.5 cm³/mol. The maximum Gasteiger partial charge on any atom is 0.239 e. The lowest BCUT2D eigenvalue weighted by Crippen LogP contribution is -2.40. The zero-order chi connectivity index (χ0) is 13.5. The Morgan fingerprint density at radius 1 is 1.33 bits per heavy atom. The first-order valence-corrected chi connectivity index (χ1v) is 6.31. The van der Waals surface area contributed by atoms with Crippen LogP contribution in [0.15, 0.2) is 24.3 Å². The molecule has 0 aliphatic carbocycles. The number of aliphatic hydroxyl groups is 1. The molecule has 0 aromatic heterocycles. The highest BCUT2D eigenvalue weighted by molar-refractivity contribution is 5.81. The van der Waals surface area contributed by atoms with E-state index in [-0.39, 0.29) is 18.6 Å². The molecule has 0 aliphatic heterocycles. The minimum absolute atomic E-state index is 0.0260. The highest BCUT2D eigenvalue weighted by Crippen LogP contribution is 2.14. The zero-order valence-electron chi connectivity index (χ0n) is 11.3. The van der Waals surface area contributed by atoms with Crippen LogP contribution < -0.4 is 10.2 Å². The minimum atomic E-state index is 0.0260. The van der Waals surface area contributed by atoms with Crippen molar-refractivity contribution >= 4 is 11.6 Å². The molecule has 0 spiro atoms. The van der Waals surface area contributed by atoms with Gasteiger partial charge in [-0.25, -0.2) is 0 Å². The second-order valence-electron chi connectivity index (χ2n) is 4.56. The molecular formula is C14H22N2O2. The minimum Gasteiger partial charge on any atom is -0.392 e. The van der Waals surface area contributed by atoms with Crippen LogP contribution in [-0.4, -0.2) is 30.1 Å². The molecule has 0 aliphatic rings. The summed E-state index contributed by atoms with van der Waals surface area (Å²) in [4.78, 5) is 13.7. The summed E-state index contributed by atoms with van der Waals surface area (Å²) in [7, 11) is 0. The molecule has 2 N–H and O–H groups in total. The summed E-state index contributed by atoms with van der Waals surface area (Å²) in [5, 5.41) is 11.9. The monoisotopic (exact) mass is 250 g/mol. The van der Waals surface area contributed by atoms with Crippen LogP contribution in [0.5, 0.6) is 0 Å². The molecule has 0 bridgehead atoms. The first-order chi connectivity index (χ1) is 8.56. The highest BCUT2D eigenvalue weighted by Gasteiger charge is 2.10. The quantitative estimate of drug-likeness (QED) is 0.805. The van der Waals surface area contributed by atoms with Gasteiger partial charge in [0.2, 0.25) is 5.91 Å². The van der Waals surface area contributed by atoms with Gasteiger partial charge in [0, 0.05) is 18.3 Å². The largest absolute Gasteiger partial charge is 0.392 e. The Morgan fingerprint density at radius 2 is 1.94 bits per heavy atom. The molecule has 1 aromatic carbocycles. The Kier molecular flexibility index (Phi) is 5.65. The van der Waals surface area contributed by atoms with E-state index in [0.717, 1.165) is 17.8 Å². The molecule has 0 radical (unpaired) electrons. The number of rotatable bonds is 6. The number of anilines is 1. The number of amides is 1. The van der Waals surface area contributed by atoms with Gasteiger partial charge in [0.1, 0.15) is 0 Å². The van der Waals surface area contributed by atoms with Crippen molar-refractivity contribution in [2.75, 3.05) is 18.0 Å². The molecule has 0 heterocycles. The first kappa shape index (κ1) is 14.5. The number of hydrogen-bond donors (Lipinski definition) is 2. The Morgan fingerprint density at radius 3 is 2.39 bits per heavy atom. The third kappa shape index (κ3) is 4.37. The van der Waals surface area contributed by atoms with E-state index in [1.165, 1.54) is 0 Å². The summed E-state index contributed by atoms with van der Waals surface area (Å²) in [6, 6.07) is 7.76. The van der Waals surface area contributed by atoms with Crippen LogP contribution in [0.25, 0.3) is 0 Å². The molecular weight excluding hydrogens is 228 g/mol. The fourth-order valence-electron chi connectivity index (χ4n) is 1.74. The highest BCUT2D eigenvalue weighted by atomic mass is 16.3.